The number of ether oxygens (including phenoxy) is 4. The van der Waals surface area contributed by atoms with Crippen molar-refractivity contribution >= 4 is 45.8 Å². The second-order valence-electron chi connectivity index (χ2n) is 18.6. The van der Waals surface area contributed by atoms with Crippen molar-refractivity contribution in [3.05, 3.63) is 65.9 Å². The highest BCUT2D eigenvalue weighted by molar-refractivity contribution is 6.07. The van der Waals surface area contributed by atoms with Crippen molar-refractivity contribution in [3.63, 3.8) is 0 Å². The minimum absolute atomic E-state index is 0.00351. The number of rotatable bonds is 7. The number of nitrogens with one attached hydrogen (secondary N) is 4. The average Bonchev–Trinajstić information content (AvgIpc) is 4.11. The molecule has 10 rings (SSSR count). The Morgan fingerprint density at radius 1 is 0.859 bits per heavy atom. The summed E-state index contributed by atoms with van der Waals surface area (Å²) in [6.45, 7) is 8.46. The molecule has 5 aliphatic heterocycles. The maximum Gasteiger partial charge on any atom is 0.407 e. The number of imidazole rings is 2. The number of aromatic amines is 2. The largest absolute Gasteiger partial charge is 0.488 e. The lowest BCUT2D eigenvalue weighted by Gasteiger charge is -2.41. The third-order valence-electron chi connectivity index (χ3n) is 14.5. The first kappa shape index (κ1) is 41.8. The molecule has 336 valence electrons. The summed E-state index contributed by atoms with van der Waals surface area (Å²) in [6, 6.07) is 12.9. The second-order valence-corrected chi connectivity index (χ2v) is 18.6. The van der Waals surface area contributed by atoms with E-state index in [2.05, 4.69) is 63.9 Å². The molecule has 1 unspecified atom stereocenters. The average molecular weight is 873 g/mol. The number of carbonyl (C=O) groups excluding carboxylic acids is 4. The number of hydrogen-bond donors (Lipinski definition) is 4. The van der Waals surface area contributed by atoms with E-state index in [1.54, 1.807) is 0 Å². The number of likely N-dealkylation sites (tertiary alicyclic amines) is 1. The number of benzene rings is 3. The highest BCUT2D eigenvalue weighted by Crippen LogP contribution is 2.45. The van der Waals surface area contributed by atoms with Gasteiger partial charge >= 0.3 is 12.2 Å². The fourth-order valence-corrected chi connectivity index (χ4v) is 11.4. The smallest absolute Gasteiger partial charge is 0.407 e. The SMILES string of the molecule is COC(=O)N[C@@H]1C(=O)N2[C@H](CC[C@H]2c2ncc(-c3ccc4c(c3)COc3cc5c(ccc6[nH]c([C@@H]7CC[C@H](C)N7C(=O)[C@@H](NC(=O)OC)C7C[C@@H](C)O[C@H](C)C7)nc65)cc3-4)[nH]2)CC1C. The van der Waals surface area contributed by atoms with Gasteiger partial charge < -0.3 is 49.3 Å². The molecule has 0 spiro atoms. The standard InChI is InChI=1S/C48H56N8O8/c1-23-15-31-10-14-37(56(31)45(57)40(23)53-47(59)61-5)43-49-21-36(51-43)28-8-11-32-30(18-28)22-63-39-20-33-27(19-34(32)39)9-12-35-42(33)52-44(50-35)38-13-7-24(2)55(38)46(58)41(54-48(60)62-6)29-16-25(3)64-26(4)17-29/h8-9,11-12,18-21,23-26,29,31,37-38,40-41H,7,10,13-17,22H2,1-6H3,(H,49,51)(H,50,52)(H,53,59)(H,54,60)/t23?,24-,25+,26+,31+,37-,38-,40-,41-/m0/s1. The molecule has 16 nitrogen and oxygen atoms in total. The van der Waals surface area contributed by atoms with Gasteiger partial charge in [-0.15, -0.1) is 0 Å². The summed E-state index contributed by atoms with van der Waals surface area (Å²) in [5, 5.41) is 7.61. The van der Waals surface area contributed by atoms with Crippen molar-refractivity contribution in [2.24, 2.45) is 11.8 Å². The van der Waals surface area contributed by atoms with E-state index >= 15 is 0 Å². The number of carbonyl (C=O) groups is 4. The van der Waals surface area contributed by atoms with Crippen LogP contribution in [0.25, 0.3) is 44.2 Å². The Hall–Kier alpha value is -6.16. The highest BCUT2D eigenvalue weighted by Gasteiger charge is 2.48. The molecule has 4 fully saturated rings. The van der Waals surface area contributed by atoms with Crippen molar-refractivity contribution in [1.82, 2.24) is 40.4 Å². The number of aromatic nitrogens is 4. The third kappa shape index (κ3) is 7.28. The maximum absolute atomic E-state index is 14.6. The summed E-state index contributed by atoms with van der Waals surface area (Å²) in [5.41, 5.74) is 6.62. The molecule has 4 N–H and O–H groups in total. The van der Waals surface area contributed by atoms with Gasteiger partial charge in [0.1, 0.15) is 36.1 Å². The lowest BCUT2D eigenvalue weighted by molar-refractivity contribution is -0.142. The molecule has 4 amide bonds. The minimum atomic E-state index is -0.752. The van der Waals surface area contributed by atoms with Crippen LogP contribution in [0.5, 0.6) is 5.75 Å². The normalized spacial score (nSPS) is 28.0. The van der Waals surface area contributed by atoms with Crippen LogP contribution in [0.4, 0.5) is 9.59 Å². The summed E-state index contributed by atoms with van der Waals surface area (Å²) in [5.74, 6) is 1.89. The Kier molecular flexibility index (Phi) is 10.7. The Balaban J connectivity index is 0.899. The number of nitrogens with zero attached hydrogens (tertiary/aromatic N) is 4. The molecule has 0 saturated carbocycles. The number of H-pyrrole nitrogens is 2. The van der Waals surface area contributed by atoms with Crippen molar-refractivity contribution in [2.75, 3.05) is 14.2 Å². The first-order chi connectivity index (χ1) is 30.9. The fourth-order valence-electron chi connectivity index (χ4n) is 11.4. The van der Waals surface area contributed by atoms with Crippen molar-refractivity contribution in [2.45, 2.75) is 128 Å². The van der Waals surface area contributed by atoms with E-state index in [1.165, 1.54) is 14.2 Å². The number of hydrogen-bond acceptors (Lipinski definition) is 10. The molecule has 0 aliphatic carbocycles. The highest BCUT2D eigenvalue weighted by atomic mass is 16.5. The second kappa shape index (κ2) is 16.4. The van der Waals surface area contributed by atoms with E-state index in [0.29, 0.717) is 25.3 Å². The van der Waals surface area contributed by atoms with Crippen molar-refractivity contribution in [3.8, 4) is 28.1 Å². The zero-order chi connectivity index (χ0) is 44.6. The molecule has 7 heterocycles. The Bertz CT molecular complexity index is 2650. The van der Waals surface area contributed by atoms with E-state index < -0.39 is 24.3 Å². The van der Waals surface area contributed by atoms with Crippen LogP contribution in [-0.4, -0.2) is 104 Å². The first-order valence-electron chi connectivity index (χ1n) is 22.7. The van der Waals surface area contributed by atoms with Gasteiger partial charge in [-0.1, -0.05) is 25.1 Å². The van der Waals surface area contributed by atoms with Crippen LogP contribution in [-0.2, 0) is 30.4 Å². The van der Waals surface area contributed by atoms with Gasteiger partial charge in [0.2, 0.25) is 11.8 Å². The third-order valence-corrected chi connectivity index (χ3v) is 14.5. The molecule has 0 bridgehead atoms. The zero-order valence-corrected chi connectivity index (χ0v) is 37.1. The topological polar surface area (TPSA) is 193 Å². The summed E-state index contributed by atoms with van der Waals surface area (Å²) in [4.78, 5) is 73.8. The van der Waals surface area contributed by atoms with Gasteiger partial charge in [0.05, 0.1) is 61.4 Å². The van der Waals surface area contributed by atoms with E-state index in [-0.39, 0.29) is 60.0 Å². The molecule has 4 saturated heterocycles. The predicted octanol–water partition coefficient (Wildman–Crippen LogP) is 7.44. The lowest BCUT2D eigenvalue weighted by Crippen LogP contribution is -2.58. The summed E-state index contributed by atoms with van der Waals surface area (Å²) >= 11 is 0. The Morgan fingerprint density at radius 3 is 2.42 bits per heavy atom. The summed E-state index contributed by atoms with van der Waals surface area (Å²) in [6.07, 6.45) is 5.86. The number of methoxy groups -OCH3 is 2. The van der Waals surface area contributed by atoms with Gasteiger partial charge in [-0.2, -0.15) is 0 Å². The van der Waals surface area contributed by atoms with Gasteiger partial charge in [0, 0.05) is 23.0 Å². The van der Waals surface area contributed by atoms with E-state index in [9.17, 15) is 19.2 Å². The van der Waals surface area contributed by atoms with Crippen LogP contribution in [0.15, 0.2) is 48.7 Å². The molecular weight excluding hydrogens is 817 g/mol. The van der Waals surface area contributed by atoms with Crippen LogP contribution in [0, 0.1) is 11.8 Å². The molecule has 3 aromatic carbocycles. The quantitative estimate of drug-likeness (QED) is 0.128. The van der Waals surface area contributed by atoms with Crippen LogP contribution in [0.1, 0.15) is 102 Å². The van der Waals surface area contributed by atoms with Gasteiger partial charge in [-0.05, 0) is 124 Å². The van der Waals surface area contributed by atoms with Crippen LogP contribution in [0.3, 0.4) is 0 Å². The van der Waals surface area contributed by atoms with Crippen LogP contribution >= 0.6 is 0 Å². The number of fused-ring (bicyclic) bond motifs is 7. The molecule has 5 aliphatic rings. The lowest BCUT2D eigenvalue weighted by atomic mass is 9.85. The molecule has 9 atom stereocenters. The van der Waals surface area contributed by atoms with Crippen molar-refractivity contribution in [1.29, 1.82) is 0 Å². The van der Waals surface area contributed by atoms with E-state index in [0.717, 1.165) is 93.4 Å². The van der Waals surface area contributed by atoms with Gasteiger partial charge in [-0.25, -0.2) is 19.6 Å². The monoisotopic (exact) mass is 872 g/mol. The fraction of sp³-hybridized carbons (Fsp3) is 0.500. The molecule has 2 aromatic heterocycles. The molecule has 5 aromatic rings. The summed E-state index contributed by atoms with van der Waals surface area (Å²) < 4.78 is 22.2. The molecule has 64 heavy (non-hydrogen) atoms. The number of alkyl carbamates (subject to hydrolysis) is 2. The van der Waals surface area contributed by atoms with Gasteiger partial charge in [-0.3, -0.25) is 9.59 Å². The Morgan fingerprint density at radius 2 is 1.64 bits per heavy atom. The number of piperidine rings is 1. The first-order valence-corrected chi connectivity index (χ1v) is 22.7. The van der Waals surface area contributed by atoms with Crippen molar-refractivity contribution < 1.29 is 38.1 Å². The van der Waals surface area contributed by atoms with Gasteiger partial charge in [0.15, 0.2) is 0 Å². The molecule has 16 heteroatoms. The zero-order valence-electron chi connectivity index (χ0n) is 37.1. The van der Waals surface area contributed by atoms with Gasteiger partial charge in [0.25, 0.3) is 0 Å². The maximum atomic E-state index is 14.6. The summed E-state index contributed by atoms with van der Waals surface area (Å²) in [7, 11) is 2.62. The molecule has 0 radical (unpaired) electrons. The van der Waals surface area contributed by atoms with Crippen LogP contribution < -0.4 is 15.4 Å². The predicted molar refractivity (Wildman–Crippen MR) is 237 cm³/mol. The number of amides is 4. The van der Waals surface area contributed by atoms with E-state index in [1.807, 2.05) is 42.8 Å². The van der Waals surface area contributed by atoms with E-state index in [4.69, 9.17) is 28.9 Å². The Labute approximate surface area is 371 Å². The molecular formula is C48H56N8O8. The van der Waals surface area contributed by atoms with Crippen LogP contribution in [0.2, 0.25) is 0 Å². The minimum Gasteiger partial charge on any atom is -0.488 e.